The predicted octanol–water partition coefficient (Wildman–Crippen LogP) is 2.64. The molecule has 0 aromatic carbocycles. The van der Waals surface area contributed by atoms with E-state index in [9.17, 15) is 0 Å². The molecular formula is C6H16S. The molecule has 0 radical (unpaired) electrons. The topological polar surface area (TPSA) is 0 Å². The standard InChI is InChI=1S/C5H12S.CH4/c1-5(2)4-6-3;/h5H,4H2,1-3H3;1H4. The summed E-state index contributed by atoms with van der Waals surface area (Å²) in [5, 5.41) is 0. The summed E-state index contributed by atoms with van der Waals surface area (Å²) < 4.78 is 0. The zero-order chi connectivity index (χ0) is 4.99. The molecule has 0 amide bonds. The predicted molar refractivity (Wildman–Crippen MR) is 40.0 cm³/mol. The molecule has 0 aliphatic rings. The summed E-state index contributed by atoms with van der Waals surface area (Å²) in [7, 11) is 0. The van der Waals surface area contributed by atoms with Gasteiger partial charge in [-0.15, -0.1) is 0 Å². The van der Waals surface area contributed by atoms with Crippen molar-refractivity contribution in [1.82, 2.24) is 0 Å². The van der Waals surface area contributed by atoms with Gasteiger partial charge >= 0.3 is 0 Å². The average Bonchev–Trinajstić information content (AvgIpc) is 1.35. The molecule has 0 fully saturated rings. The molecule has 0 unspecified atom stereocenters. The van der Waals surface area contributed by atoms with Crippen LogP contribution in [-0.2, 0) is 0 Å². The smallest absolute Gasteiger partial charge is 0.00472 e. The van der Waals surface area contributed by atoms with E-state index in [1.165, 1.54) is 5.75 Å². The van der Waals surface area contributed by atoms with Crippen molar-refractivity contribution in [3.8, 4) is 0 Å². The number of rotatable bonds is 2. The van der Waals surface area contributed by atoms with Crippen molar-refractivity contribution in [3.63, 3.8) is 0 Å². The van der Waals surface area contributed by atoms with E-state index in [-0.39, 0.29) is 7.43 Å². The molecule has 0 aromatic rings. The molecule has 0 bridgehead atoms. The van der Waals surface area contributed by atoms with E-state index in [1.54, 1.807) is 0 Å². The average molecular weight is 120 g/mol. The third-order valence-corrected chi connectivity index (χ3v) is 1.50. The molecule has 0 atom stereocenters. The molecule has 46 valence electrons. The number of hydrogen-bond acceptors (Lipinski definition) is 1. The molecule has 0 N–H and O–H groups in total. The Labute approximate surface area is 51.7 Å². The first-order chi connectivity index (χ1) is 2.77. The third-order valence-electron chi connectivity index (χ3n) is 0.500. The Hall–Kier alpha value is 0.350. The molecule has 0 rings (SSSR count). The minimum Gasteiger partial charge on any atom is -0.165 e. The highest BCUT2D eigenvalue weighted by atomic mass is 32.2. The minimum absolute atomic E-state index is 0. The van der Waals surface area contributed by atoms with Crippen molar-refractivity contribution in [2.75, 3.05) is 12.0 Å². The van der Waals surface area contributed by atoms with E-state index in [0.29, 0.717) is 0 Å². The van der Waals surface area contributed by atoms with E-state index < -0.39 is 0 Å². The number of thioether (sulfide) groups is 1. The summed E-state index contributed by atoms with van der Waals surface area (Å²) in [6.45, 7) is 4.47. The van der Waals surface area contributed by atoms with Crippen LogP contribution in [0.4, 0.5) is 0 Å². The van der Waals surface area contributed by atoms with Gasteiger partial charge in [-0.05, 0) is 17.9 Å². The molecule has 0 aliphatic heterocycles. The lowest BCUT2D eigenvalue weighted by atomic mass is 10.3. The van der Waals surface area contributed by atoms with Gasteiger partial charge in [0.1, 0.15) is 0 Å². The highest BCUT2D eigenvalue weighted by Gasteiger charge is 1.85. The zero-order valence-electron chi connectivity index (χ0n) is 4.69. The Morgan fingerprint density at radius 2 is 1.86 bits per heavy atom. The minimum atomic E-state index is 0. The SMILES string of the molecule is C.CSCC(C)C. The summed E-state index contributed by atoms with van der Waals surface area (Å²) in [4.78, 5) is 0. The van der Waals surface area contributed by atoms with Crippen LogP contribution < -0.4 is 0 Å². The maximum atomic E-state index is 2.23. The Balaban J connectivity index is 0. The lowest BCUT2D eigenvalue weighted by Gasteiger charge is -1.95. The van der Waals surface area contributed by atoms with Crippen LogP contribution in [0.2, 0.25) is 0 Å². The monoisotopic (exact) mass is 120 g/mol. The van der Waals surface area contributed by atoms with Gasteiger partial charge in [0, 0.05) is 0 Å². The Kier molecular flexibility index (Phi) is 9.39. The van der Waals surface area contributed by atoms with Crippen LogP contribution in [-0.4, -0.2) is 12.0 Å². The van der Waals surface area contributed by atoms with Crippen molar-refractivity contribution in [2.45, 2.75) is 21.3 Å². The first-order valence-corrected chi connectivity index (χ1v) is 3.65. The first kappa shape index (κ1) is 10.4. The Morgan fingerprint density at radius 3 is 1.86 bits per heavy atom. The van der Waals surface area contributed by atoms with Crippen molar-refractivity contribution in [3.05, 3.63) is 0 Å². The largest absolute Gasteiger partial charge is 0.165 e. The second-order valence-electron chi connectivity index (χ2n) is 1.85. The molecule has 0 heterocycles. The fourth-order valence-electron chi connectivity index (χ4n) is 0.333. The molecule has 0 saturated heterocycles. The summed E-state index contributed by atoms with van der Waals surface area (Å²) >= 11 is 1.91. The summed E-state index contributed by atoms with van der Waals surface area (Å²) in [6.07, 6.45) is 2.14. The van der Waals surface area contributed by atoms with E-state index in [0.717, 1.165) is 5.92 Å². The normalized spacial score (nSPS) is 8.57. The fraction of sp³-hybridized carbons (Fsp3) is 1.00. The van der Waals surface area contributed by atoms with Gasteiger partial charge in [0.25, 0.3) is 0 Å². The van der Waals surface area contributed by atoms with Gasteiger partial charge < -0.3 is 0 Å². The van der Waals surface area contributed by atoms with Crippen molar-refractivity contribution in [1.29, 1.82) is 0 Å². The maximum absolute atomic E-state index is 2.23. The summed E-state index contributed by atoms with van der Waals surface area (Å²) in [5.74, 6) is 2.15. The number of hydrogen-bond donors (Lipinski definition) is 0. The lowest BCUT2D eigenvalue weighted by Crippen LogP contribution is -1.87. The summed E-state index contributed by atoms with van der Waals surface area (Å²) in [5.41, 5.74) is 0. The van der Waals surface area contributed by atoms with E-state index in [2.05, 4.69) is 20.1 Å². The zero-order valence-corrected chi connectivity index (χ0v) is 5.51. The van der Waals surface area contributed by atoms with Gasteiger partial charge in [-0.1, -0.05) is 21.3 Å². The molecule has 0 nitrogen and oxygen atoms in total. The molecule has 0 aromatic heterocycles. The fourth-order valence-corrected chi connectivity index (χ4v) is 1.00. The van der Waals surface area contributed by atoms with Crippen molar-refractivity contribution >= 4 is 11.8 Å². The maximum Gasteiger partial charge on any atom is -0.00472 e. The van der Waals surface area contributed by atoms with Crippen LogP contribution in [0.25, 0.3) is 0 Å². The van der Waals surface area contributed by atoms with Gasteiger partial charge in [-0.25, -0.2) is 0 Å². The Bertz CT molecular complexity index is 25.4. The van der Waals surface area contributed by atoms with Gasteiger partial charge in [0.15, 0.2) is 0 Å². The van der Waals surface area contributed by atoms with Crippen LogP contribution in [0.3, 0.4) is 0 Å². The highest BCUT2D eigenvalue weighted by molar-refractivity contribution is 7.98. The van der Waals surface area contributed by atoms with E-state index >= 15 is 0 Å². The van der Waals surface area contributed by atoms with Gasteiger partial charge in [0.05, 0.1) is 0 Å². The summed E-state index contributed by atoms with van der Waals surface area (Å²) in [6, 6.07) is 0. The molecular weight excluding hydrogens is 104 g/mol. The highest BCUT2D eigenvalue weighted by Crippen LogP contribution is 2.00. The van der Waals surface area contributed by atoms with E-state index in [1.807, 2.05) is 11.8 Å². The first-order valence-electron chi connectivity index (χ1n) is 2.26. The molecule has 7 heavy (non-hydrogen) atoms. The molecule has 1 heteroatoms. The second kappa shape index (κ2) is 6.35. The van der Waals surface area contributed by atoms with Crippen LogP contribution in [0, 0.1) is 5.92 Å². The van der Waals surface area contributed by atoms with E-state index in [4.69, 9.17) is 0 Å². The van der Waals surface area contributed by atoms with Gasteiger partial charge in [-0.2, -0.15) is 11.8 Å². The van der Waals surface area contributed by atoms with Gasteiger partial charge in [0.2, 0.25) is 0 Å². The molecule has 0 saturated carbocycles. The quantitative estimate of drug-likeness (QED) is 0.540. The van der Waals surface area contributed by atoms with Crippen LogP contribution in [0.1, 0.15) is 21.3 Å². The third kappa shape index (κ3) is 10.7. The van der Waals surface area contributed by atoms with Crippen molar-refractivity contribution < 1.29 is 0 Å². The molecule has 0 aliphatic carbocycles. The van der Waals surface area contributed by atoms with Gasteiger partial charge in [-0.3, -0.25) is 0 Å². The van der Waals surface area contributed by atoms with Crippen LogP contribution in [0.5, 0.6) is 0 Å². The Morgan fingerprint density at radius 1 is 1.43 bits per heavy atom. The second-order valence-corrected chi connectivity index (χ2v) is 2.76. The van der Waals surface area contributed by atoms with Crippen LogP contribution in [0.15, 0.2) is 0 Å². The molecule has 0 spiro atoms. The van der Waals surface area contributed by atoms with Crippen LogP contribution >= 0.6 is 11.8 Å². The lowest BCUT2D eigenvalue weighted by molar-refractivity contribution is 0.751. The van der Waals surface area contributed by atoms with Crippen molar-refractivity contribution in [2.24, 2.45) is 5.92 Å².